The Morgan fingerprint density at radius 2 is 1.33 bits per heavy atom. The molecule has 4 unspecified atom stereocenters. The Hall–Kier alpha value is -1.37. The number of esters is 4. The Morgan fingerprint density at radius 1 is 0.867 bits per heavy atom. The van der Waals surface area contributed by atoms with Gasteiger partial charge in [0.15, 0.2) is 24.5 Å². The van der Waals surface area contributed by atoms with Crippen molar-refractivity contribution in [3.05, 3.63) is 0 Å². The van der Waals surface area contributed by atoms with E-state index in [-0.39, 0.29) is 0 Å². The number of rotatable bonds is 7. The molecule has 0 bridgehead atoms. The fourth-order valence-corrected chi connectivity index (χ4v) is 2.67. The number of carbonyl (C=O) groups is 4. The van der Waals surface area contributed by atoms with Crippen LogP contribution in [-0.4, -0.2) is 71.2 Å². The standard InChI is InChI=1S/C16H22Cl3NO10/c1-6(21)25-5-10-11(26-7(2)22)12(27-8(3)23)13(28-9(4)24)14(29-10)30-15(20)16(17,18)19/h10-15H,5,20H2,1-4H3/t10?,11-,12?,13?,14-,15?/m1/s1. The van der Waals surface area contributed by atoms with E-state index in [2.05, 4.69) is 0 Å². The highest BCUT2D eigenvalue weighted by Crippen LogP contribution is 2.34. The van der Waals surface area contributed by atoms with Gasteiger partial charge in [-0.15, -0.1) is 0 Å². The van der Waals surface area contributed by atoms with Gasteiger partial charge >= 0.3 is 23.9 Å². The van der Waals surface area contributed by atoms with Crippen LogP contribution in [-0.2, 0) is 47.6 Å². The van der Waals surface area contributed by atoms with Crippen molar-refractivity contribution in [2.24, 2.45) is 5.73 Å². The lowest BCUT2D eigenvalue weighted by Crippen LogP contribution is -2.64. The second kappa shape index (κ2) is 11.3. The largest absolute Gasteiger partial charge is 0.463 e. The molecule has 172 valence electrons. The monoisotopic (exact) mass is 493 g/mol. The third-order valence-corrected chi connectivity index (χ3v) is 4.20. The Morgan fingerprint density at radius 3 is 1.77 bits per heavy atom. The Labute approximate surface area is 187 Å². The molecule has 1 aliphatic heterocycles. The van der Waals surface area contributed by atoms with Crippen molar-refractivity contribution in [1.82, 2.24) is 0 Å². The topological polar surface area (TPSA) is 150 Å². The summed E-state index contributed by atoms with van der Waals surface area (Å²) in [4.78, 5) is 46.2. The smallest absolute Gasteiger partial charge is 0.303 e. The molecule has 0 aromatic carbocycles. The highest BCUT2D eigenvalue weighted by atomic mass is 35.6. The van der Waals surface area contributed by atoms with Gasteiger partial charge in [0.25, 0.3) is 0 Å². The summed E-state index contributed by atoms with van der Waals surface area (Å²) in [6, 6.07) is 0. The summed E-state index contributed by atoms with van der Waals surface area (Å²) in [6.07, 6.45) is -8.54. The van der Waals surface area contributed by atoms with Crippen LogP contribution in [0.2, 0.25) is 0 Å². The van der Waals surface area contributed by atoms with Gasteiger partial charge in [0.2, 0.25) is 10.1 Å². The molecule has 6 atom stereocenters. The fourth-order valence-electron chi connectivity index (χ4n) is 2.52. The minimum absolute atomic E-state index is 0.430. The van der Waals surface area contributed by atoms with Gasteiger partial charge in [-0.1, -0.05) is 34.8 Å². The van der Waals surface area contributed by atoms with E-state index in [1.807, 2.05) is 0 Å². The average molecular weight is 495 g/mol. The van der Waals surface area contributed by atoms with E-state index in [1.165, 1.54) is 0 Å². The lowest BCUT2D eigenvalue weighted by molar-refractivity contribution is -0.316. The number of hydrogen-bond acceptors (Lipinski definition) is 11. The molecular weight excluding hydrogens is 473 g/mol. The molecule has 0 amide bonds. The molecule has 14 heteroatoms. The lowest BCUT2D eigenvalue weighted by Gasteiger charge is -2.44. The number of halogens is 3. The first-order chi connectivity index (χ1) is 13.7. The molecule has 0 spiro atoms. The van der Waals surface area contributed by atoms with Crippen LogP contribution in [0.25, 0.3) is 0 Å². The zero-order valence-electron chi connectivity index (χ0n) is 16.5. The van der Waals surface area contributed by atoms with Crippen molar-refractivity contribution < 1.29 is 47.6 Å². The molecule has 1 aliphatic rings. The van der Waals surface area contributed by atoms with Crippen LogP contribution in [0.15, 0.2) is 0 Å². The van der Waals surface area contributed by atoms with Gasteiger partial charge in [-0.2, -0.15) is 0 Å². The first-order valence-electron chi connectivity index (χ1n) is 8.50. The van der Waals surface area contributed by atoms with Crippen LogP contribution in [0.4, 0.5) is 0 Å². The third-order valence-electron chi connectivity index (χ3n) is 3.55. The van der Waals surface area contributed by atoms with E-state index >= 15 is 0 Å². The molecule has 0 aliphatic carbocycles. The summed E-state index contributed by atoms with van der Waals surface area (Å²) in [5.74, 6) is -3.04. The van der Waals surface area contributed by atoms with Gasteiger partial charge < -0.3 is 34.2 Å². The summed E-state index contributed by atoms with van der Waals surface area (Å²) in [7, 11) is 0. The summed E-state index contributed by atoms with van der Waals surface area (Å²) < 4.78 is 29.4. The lowest BCUT2D eigenvalue weighted by atomic mass is 9.98. The Bertz CT molecular complexity index is 656. The van der Waals surface area contributed by atoms with Crippen molar-refractivity contribution in [3.8, 4) is 0 Å². The maximum Gasteiger partial charge on any atom is 0.303 e. The SMILES string of the molecule is CC(=O)OCC1O[C@H](OC(N)C(Cl)(Cl)Cl)C(OC(C)=O)C(OC(C)=O)[C@@H]1OC(C)=O. The van der Waals surface area contributed by atoms with E-state index in [4.69, 9.17) is 69.0 Å². The molecule has 1 heterocycles. The van der Waals surface area contributed by atoms with Gasteiger partial charge in [0, 0.05) is 27.7 Å². The number of hydrogen-bond donors (Lipinski definition) is 1. The molecule has 1 fully saturated rings. The maximum atomic E-state index is 11.7. The van der Waals surface area contributed by atoms with Crippen LogP contribution in [0.5, 0.6) is 0 Å². The minimum atomic E-state index is -2.10. The van der Waals surface area contributed by atoms with Gasteiger partial charge in [0.1, 0.15) is 12.7 Å². The van der Waals surface area contributed by atoms with E-state index < -0.39 is 71.2 Å². The normalized spacial score (nSPS) is 27.5. The quantitative estimate of drug-likeness (QED) is 0.231. The Balaban J connectivity index is 3.35. The van der Waals surface area contributed by atoms with Crippen LogP contribution in [0.1, 0.15) is 27.7 Å². The number of alkyl halides is 3. The van der Waals surface area contributed by atoms with Gasteiger partial charge in [-0.3, -0.25) is 19.2 Å². The van der Waals surface area contributed by atoms with E-state index in [0.717, 1.165) is 27.7 Å². The molecule has 0 aromatic rings. The molecule has 1 saturated heterocycles. The van der Waals surface area contributed by atoms with Crippen LogP contribution in [0, 0.1) is 0 Å². The van der Waals surface area contributed by atoms with E-state index in [9.17, 15) is 19.2 Å². The van der Waals surface area contributed by atoms with Gasteiger partial charge in [0.05, 0.1) is 0 Å². The first-order valence-corrected chi connectivity index (χ1v) is 9.64. The van der Waals surface area contributed by atoms with Crippen LogP contribution < -0.4 is 5.73 Å². The molecule has 0 aromatic heterocycles. The molecule has 2 N–H and O–H groups in total. The van der Waals surface area contributed by atoms with E-state index in [1.54, 1.807) is 0 Å². The van der Waals surface area contributed by atoms with Crippen molar-refractivity contribution in [2.75, 3.05) is 6.61 Å². The van der Waals surface area contributed by atoms with Crippen molar-refractivity contribution in [2.45, 2.75) is 68.4 Å². The highest BCUT2D eigenvalue weighted by molar-refractivity contribution is 6.68. The minimum Gasteiger partial charge on any atom is -0.463 e. The van der Waals surface area contributed by atoms with Crippen LogP contribution >= 0.6 is 34.8 Å². The molecular formula is C16H22Cl3NO10. The first kappa shape index (κ1) is 26.7. The molecule has 0 radical (unpaired) electrons. The van der Waals surface area contributed by atoms with Gasteiger partial charge in [-0.25, -0.2) is 0 Å². The number of carbonyl (C=O) groups excluding carboxylic acids is 4. The zero-order chi connectivity index (χ0) is 23.2. The molecule has 1 rings (SSSR count). The molecule has 11 nitrogen and oxygen atoms in total. The second-order valence-corrected chi connectivity index (χ2v) is 8.53. The van der Waals surface area contributed by atoms with E-state index in [0.29, 0.717) is 0 Å². The molecule has 30 heavy (non-hydrogen) atoms. The molecule has 0 saturated carbocycles. The summed E-state index contributed by atoms with van der Waals surface area (Å²) in [5, 5.41) is 0. The average Bonchev–Trinajstić information content (AvgIpc) is 2.56. The van der Waals surface area contributed by atoms with Crippen LogP contribution in [0.3, 0.4) is 0 Å². The van der Waals surface area contributed by atoms with Gasteiger partial charge in [-0.05, 0) is 0 Å². The zero-order valence-corrected chi connectivity index (χ0v) is 18.7. The maximum absolute atomic E-state index is 11.7. The predicted molar refractivity (Wildman–Crippen MR) is 101 cm³/mol. The fraction of sp³-hybridized carbons (Fsp3) is 0.750. The summed E-state index contributed by atoms with van der Waals surface area (Å²) in [5.41, 5.74) is 5.69. The Kier molecular flexibility index (Phi) is 10.0. The highest BCUT2D eigenvalue weighted by Gasteiger charge is 2.54. The third kappa shape index (κ3) is 8.40. The number of nitrogens with two attached hydrogens (primary N) is 1. The second-order valence-electron chi connectivity index (χ2n) is 6.17. The van der Waals surface area contributed by atoms with Crippen molar-refractivity contribution >= 4 is 58.7 Å². The summed E-state index contributed by atoms with van der Waals surface area (Å²) in [6.45, 7) is 3.95. The van der Waals surface area contributed by atoms with Crippen molar-refractivity contribution in [3.63, 3.8) is 0 Å². The number of ether oxygens (including phenoxy) is 6. The van der Waals surface area contributed by atoms with Crippen molar-refractivity contribution in [1.29, 1.82) is 0 Å². The summed E-state index contributed by atoms with van der Waals surface area (Å²) >= 11 is 17.1. The predicted octanol–water partition coefficient (Wildman–Crippen LogP) is 0.741.